The van der Waals surface area contributed by atoms with Crippen molar-refractivity contribution >= 4 is 0 Å². The molecule has 1 saturated carbocycles. The lowest BCUT2D eigenvalue weighted by Gasteiger charge is -2.30. The molecule has 18 heavy (non-hydrogen) atoms. The van der Waals surface area contributed by atoms with E-state index in [0.29, 0.717) is 6.54 Å². The van der Waals surface area contributed by atoms with E-state index >= 15 is 0 Å². The lowest BCUT2D eigenvalue weighted by atomic mass is 9.95. The SMILES string of the molecule is NC1CCCCCC1CN(CCO)CC(F)(F)F. The van der Waals surface area contributed by atoms with Crippen molar-refractivity contribution in [1.82, 2.24) is 4.90 Å². The molecule has 0 bridgehead atoms. The second-order valence-corrected chi connectivity index (χ2v) is 5.14. The van der Waals surface area contributed by atoms with Crippen LogP contribution in [0.1, 0.15) is 32.1 Å². The Kier molecular flexibility index (Phi) is 6.38. The number of aliphatic hydroxyl groups excluding tert-OH is 1. The van der Waals surface area contributed by atoms with E-state index < -0.39 is 12.7 Å². The number of rotatable bonds is 5. The van der Waals surface area contributed by atoms with Crippen LogP contribution in [-0.4, -0.2) is 48.5 Å². The monoisotopic (exact) mass is 268 g/mol. The van der Waals surface area contributed by atoms with E-state index in [1.54, 1.807) is 0 Å². The molecule has 0 saturated heterocycles. The summed E-state index contributed by atoms with van der Waals surface area (Å²) in [5.41, 5.74) is 6.02. The molecule has 108 valence electrons. The van der Waals surface area contributed by atoms with Crippen LogP contribution in [0, 0.1) is 5.92 Å². The molecule has 0 aromatic rings. The van der Waals surface area contributed by atoms with E-state index in [1.165, 1.54) is 4.90 Å². The van der Waals surface area contributed by atoms with E-state index in [-0.39, 0.29) is 25.1 Å². The van der Waals surface area contributed by atoms with Crippen molar-refractivity contribution in [1.29, 1.82) is 0 Å². The average molecular weight is 268 g/mol. The molecule has 1 aliphatic rings. The highest BCUT2D eigenvalue weighted by molar-refractivity contribution is 4.80. The van der Waals surface area contributed by atoms with Gasteiger partial charge >= 0.3 is 6.18 Å². The van der Waals surface area contributed by atoms with Crippen LogP contribution in [0.5, 0.6) is 0 Å². The summed E-state index contributed by atoms with van der Waals surface area (Å²) < 4.78 is 37.2. The smallest absolute Gasteiger partial charge is 0.395 e. The fourth-order valence-electron chi connectivity index (χ4n) is 2.60. The maximum absolute atomic E-state index is 12.4. The lowest BCUT2D eigenvalue weighted by molar-refractivity contribution is -0.148. The molecule has 1 rings (SSSR count). The van der Waals surface area contributed by atoms with Gasteiger partial charge in [0, 0.05) is 19.1 Å². The molecular weight excluding hydrogens is 245 g/mol. The van der Waals surface area contributed by atoms with Crippen molar-refractivity contribution in [2.24, 2.45) is 11.7 Å². The second-order valence-electron chi connectivity index (χ2n) is 5.14. The molecular formula is C12H23F3N2O. The van der Waals surface area contributed by atoms with Crippen molar-refractivity contribution in [2.75, 3.05) is 26.2 Å². The maximum atomic E-state index is 12.4. The van der Waals surface area contributed by atoms with Crippen molar-refractivity contribution in [3.8, 4) is 0 Å². The van der Waals surface area contributed by atoms with Crippen LogP contribution in [0.25, 0.3) is 0 Å². The third-order valence-electron chi connectivity index (χ3n) is 3.53. The second kappa shape index (κ2) is 7.31. The molecule has 1 aliphatic carbocycles. The number of alkyl halides is 3. The average Bonchev–Trinajstić information content (AvgIpc) is 2.42. The molecule has 0 aromatic heterocycles. The zero-order chi connectivity index (χ0) is 13.6. The largest absolute Gasteiger partial charge is 0.401 e. The van der Waals surface area contributed by atoms with Gasteiger partial charge in [-0.25, -0.2) is 0 Å². The van der Waals surface area contributed by atoms with E-state index in [1.807, 2.05) is 0 Å². The summed E-state index contributed by atoms with van der Waals surface area (Å²) in [6.45, 7) is -0.821. The van der Waals surface area contributed by atoms with Crippen LogP contribution in [0.4, 0.5) is 13.2 Å². The highest BCUT2D eigenvalue weighted by atomic mass is 19.4. The number of nitrogens with two attached hydrogens (primary N) is 1. The van der Waals surface area contributed by atoms with Gasteiger partial charge in [-0.15, -0.1) is 0 Å². The molecule has 0 amide bonds. The highest BCUT2D eigenvalue weighted by Crippen LogP contribution is 2.24. The Bertz CT molecular complexity index is 236. The summed E-state index contributed by atoms with van der Waals surface area (Å²) in [6, 6.07) is -0.0121. The van der Waals surface area contributed by atoms with Gasteiger partial charge < -0.3 is 10.8 Å². The Balaban J connectivity index is 2.52. The first-order valence-electron chi connectivity index (χ1n) is 6.58. The summed E-state index contributed by atoms with van der Waals surface area (Å²) >= 11 is 0. The van der Waals surface area contributed by atoms with Gasteiger partial charge in [-0.3, -0.25) is 4.90 Å². The number of hydrogen-bond donors (Lipinski definition) is 2. The van der Waals surface area contributed by atoms with Crippen LogP contribution in [-0.2, 0) is 0 Å². The molecule has 6 heteroatoms. The topological polar surface area (TPSA) is 49.5 Å². The molecule has 3 N–H and O–H groups in total. The van der Waals surface area contributed by atoms with Crippen molar-refractivity contribution < 1.29 is 18.3 Å². The molecule has 2 atom stereocenters. The van der Waals surface area contributed by atoms with Gasteiger partial charge in [0.05, 0.1) is 13.2 Å². The first kappa shape index (κ1) is 15.7. The minimum atomic E-state index is -4.22. The van der Waals surface area contributed by atoms with Crippen molar-refractivity contribution in [3.63, 3.8) is 0 Å². The molecule has 2 unspecified atom stereocenters. The van der Waals surface area contributed by atoms with Crippen LogP contribution in [0.15, 0.2) is 0 Å². The highest BCUT2D eigenvalue weighted by Gasteiger charge is 2.32. The fourth-order valence-corrected chi connectivity index (χ4v) is 2.60. The molecule has 0 aliphatic heterocycles. The number of nitrogens with zero attached hydrogens (tertiary/aromatic N) is 1. The third-order valence-corrected chi connectivity index (χ3v) is 3.53. The summed E-state index contributed by atoms with van der Waals surface area (Å²) in [4.78, 5) is 1.27. The number of hydrogen-bond acceptors (Lipinski definition) is 3. The number of halogens is 3. The Morgan fingerprint density at radius 3 is 2.44 bits per heavy atom. The Labute approximate surface area is 106 Å². The van der Waals surface area contributed by atoms with Crippen LogP contribution >= 0.6 is 0 Å². The van der Waals surface area contributed by atoms with Crippen LogP contribution in [0.3, 0.4) is 0 Å². The van der Waals surface area contributed by atoms with Gasteiger partial charge in [0.25, 0.3) is 0 Å². The van der Waals surface area contributed by atoms with E-state index in [9.17, 15) is 13.2 Å². The van der Waals surface area contributed by atoms with E-state index in [4.69, 9.17) is 10.8 Å². The Morgan fingerprint density at radius 2 is 1.83 bits per heavy atom. The number of aliphatic hydroxyl groups is 1. The van der Waals surface area contributed by atoms with Crippen LogP contribution < -0.4 is 5.73 Å². The first-order valence-corrected chi connectivity index (χ1v) is 6.58. The summed E-state index contributed by atoms with van der Waals surface area (Å²) in [7, 11) is 0. The maximum Gasteiger partial charge on any atom is 0.401 e. The standard InChI is InChI=1S/C12H23F3N2O/c13-12(14,15)9-17(6-7-18)8-10-4-2-1-3-5-11(10)16/h10-11,18H,1-9,16H2. The van der Waals surface area contributed by atoms with E-state index in [0.717, 1.165) is 32.1 Å². The molecule has 1 fully saturated rings. The predicted molar refractivity (Wildman–Crippen MR) is 64.1 cm³/mol. The van der Waals surface area contributed by atoms with Gasteiger partial charge in [-0.1, -0.05) is 19.3 Å². The Hall–Kier alpha value is -0.330. The third kappa shape index (κ3) is 6.02. The summed E-state index contributed by atoms with van der Waals surface area (Å²) in [6.07, 6.45) is 0.784. The zero-order valence-electron chi connectivity index (χ0n) is 10.6. The first-order chi connectivity index (χ1) is 8.42. The van der Waals surface area contributed by atoms with Gasteiger partial charge in [-0.2, -0.15) is 13.2 Å². The van der Waals surface area contributed by atoms with Gasteiger partial charge in [-0.05, 0) is 18.8 Å². The molecule has 0 radical (unpaired) electrons. The molecule has 0 spiro atoms. The normalized spacial score (nSPS) is 26.3. The Morgan fingerprint density at radius 1 is 1.17 bits per heavy atom. The molecule has 0 heterocycles. The zero-order valence-corrected chi connectivity index (χ0v) is 10.6. The summed E-state index contributed by atoms with van der Waals surface area (Å²) in [5.74, 6) is 0.112. The van der Waals surface area contributed by atoms with Gasteiger partial charge in [0.2, 0.25) is 0 Å². The predicted octanol–water partition coefficient (Wildman–Crippen LogP) is 1.75. The minimum Gasteiger partial charge on any atom is -0.395 e. The fraction of sp³-hybridized carbons (Fsp3) is 1.00. The van der Waals surface area contributed by atoms with Crippen LogP contribution in [0.2, 0.25) is 0 Å². The van der Waals surface area contributed by atoms with Gasteiger partial charge in [0.1, 0.15) is 0 Å². The molecule has 3 nitrogen and oxygen atoms in total. The summed E-state index contributed by atoms with van der Waals surface area (Å²) in [5, 5.41) is 8.84. The minimum absolute atomic E-state index is 0.0121. The van der Waals surface area contributed by atoms with Gasteiger partial charge in [0.15, 0.2) is 0 Å². The van der Waals surface area contributed by atoms with Crippen molar-refractivity contribution in [3.05, 3.63) is 0 Å². The quantitative estimate of drug-likeness (QED) is 0.747. The van der Waals surface area contributed by atoms with E-state index in [2.05, 4.69) is 0 Å². The van der Waals surface area contributed by atoms with Crippen molar-refractivity contribution in [2.45, 2.75) is 44.3 Å². The molecule has 0 aromatic carbocycles. The lowest BCUT2D eigenvalue weighted by Crippen LogP contribution is -2.43.